The molecule has 0 bridgehead atoms. The highest BCUT2D eigenvalue weighted by atomic mass is 16.6. The van der Waals surface area contributed by atoms with Crippen LogP contribution >= 0.6 is 0 Å². The highest BCUT2D eigenvalue weighted by molar-refractivity contribution is 5.95. The number of alkyl carbamates (subject to hydrolysis) is 1. The second-order valence-corrected chi connectivity index (χ2v) is 12.5. The first-order chi connectivity index (χ1) is 23.2. The molecule has 0 saturated heterocycles. The molecule has 49 heavy (non-hydrogen) atoms. The summed E-state index contributed by atoms with van der Waals surface area (Å²) in [6, 6.07) is 10.6. The number of phenolic OH excluding ortho intramolecular Hbond substituents is 1. The summed E-state index contributed by atoms with van der Waals surface area (Å²) in [6.07, 6.45) is 3.08. The summed E-state index contributed by atoms with van der Waals surface area (Å²) in [5.74, 6) is -3.28. The Morgan fingerprint density at radius 3 is 2.29 bits per heavy atom. The minimum absolute atomic E-state index is 0.0146. The Hall–Kier alpha value is -5.40. The molecule has 0 radical (unpaired) electrons. The molecule has 0 spiro atoms. The third kappa shape index (κ3) is 13.3. The van der Waals surface area contributed by atoms with E-state index in [-0.39, 0.29) is 37.9 Å². The average molecular weight is 680 g/mol. The third-order valence-electron chi connectivity index (χ3n) is 7.34. The van der Waals surface area contributed by atoms with E-state index < -0.39 is 72.0 Å². The Morgan fingerprint density at radius 2 is 1.63 bits per heavy atom. The number of esters is 1. The number of carbonyl (C=O) groups excluding carboxylic acids is 6. The van der Waals surface area contributed by atoms with E-state index in [2.05, 4.69) is 26.6 Å². The second-order valence-electron chi connectivity index (χ2n) is 12.5. The highest BCUT2D eigenvalue weighted by Gasteiger charge is 2.30. The van der Waals surface area contributed by atoms with Crippen molar-refractivity contribution in [3.05, 3.63) is 77.9 Å². The number of allylic oxidation sites excluding steroid dienone is 1. The van der Waals surface area contributed by atoms with Crippen LogP contribution in [0.15, 0.2) is 66.7 Å². The molecular weight excluding hydrogens is 634 g/mol. The molecule has 14 heteroatoms. The number of methoxy groups -OCH3 is 1. The van der Waals surface area contributed by atoms with Gasteiger partial charge >= 0.3 is 12.1 Å². The summed E-state index contributed by atoms with van der Waals surface area (Å²) in [5.41, 5.74) is 0.533. The van der Waals surface area contributed by atoms with E-state index >= 15 is 0 Å². The van der Waals surface area contributed by atoms with E-state index in [4.69, 9.17) is 9.47 Å². The maximum atomic E-state index is 13.6. The van der Waals surface area contributed by atoms with Crippen LogP contribution in [0.4, 0.5) is 4.79 Å². The minimum atomic E-state index is -1.17. The lowest BCUT2D eigenvalue weighted by Crippen LogP contribution is -2.56. The summed E-state index contributed by atoms with van der Waals surface area (Å²) >= 11 is 0. The van der Waals surface area contributed by atoms with Crippen LogP contribution in [0.25, 0.3) is 0 Å². The zero-order valence-electron chi connectivity index (χ0n) is 28.1. The van der Waals surface area contributed by atoms with Crippen LogP contribution < -0.4 is 26.6 Å². The Bertz CT molecular complexity index is 1490. The second kappa shape index (κ2) is 18.2. The summed E-state index contributed by atoms with van der Waals surface area (Å²) in [6.45, 7) is 4.52. The summed E-state index contributed by atoms with van der Waals surface area (Å²) in [7, 11) is 1.20. The SMILES string of the molecule is COC(=O)[C@H]1CC=CCCC(NC(=O)[C@H](Cc2ccc(O)cc2)NC(=O)OC(C)(C)C)C(=O)NCC(=O)N[C@H](Cc2ccccc2)C(=O)N1. The molecule has 2 aromatic carbocycles. The van der Waals surface area contributed by atoms with Crippen LogP contribution in [0.2, 0.25) is 0 Å². The van der Waals surface area contributed by atoms with Crippen molar-refractivity contribution in [3.63, 3.8) is 0 Å². The molecule has 6 N–H and O–H groups in total. The number of nitrogens with one attached hydrogen (secondary N) is 5. The number of carbonyl (C=O) groups is 6. The predicted molar refractivity (Wildman–Crippen MR) is 179 cm³/mol. The molecule has 14 nitrogen and oxygen atoms in total. The van der Waals surface area contributed by atoms with E-state index in [9.17, 15) is 33.9 Å². The molecule has 5 amide bonds. The first-order valence-corrected chi connectivity index (χ1v) is 16.0. The van der Waals surface area contributed by atoms with Gasteiger partial charge in [0.05, 0.1) is 13.7 Å². The van der Waals surface area contributed by atoms with Crippen LogP contribution in [0.5, 0.6) is 5.75 Å². The van der Waals surface area contributed by atoms with Crippen molar-refractivity contribution in [1.82, 2.24) is 26.6 Å². The van der Waals surface area contributed by atoms with Crippen LogP contribution in [0.3, 0.4) is 0 Å². The zero-order valence-corrected chi connectivity index (χ0v) is 28.1. The van der Waals surface area contributed by atoms with Gasteiger partial charge in [-0.05, 0) is 63.3 Å². The van der Waals surface area contributed by atoms with Crippen molar-refractivity contribution >= 4 is 35.7 Å². The lowest BCUT2D eigenvalue weighted by molar-refractivity contribution is -0.145. The normalized spacial score (nSPS) is 19.8. The number of amides is 5. The lowest BCUT2D eigenvalue weighted by Gasteiger charge is -2.25. The number of phenols is 1. The average Bonchev–Trinajstić information content (AvgIpc) is 3.05. The first kappa shape index (κ1) is 38.1. The van der Waals surface area contributed by atoms with Gasteiger partial charge in [-0.2, -0.15) is 0 Å². The van der Waals surface area contributed by atoms with Gasteiger partial charge in [-0.25, -0.2) is 9.59 Å². The van der Waals surface area contributed by atoms with Gasteiger partial charge in [0, 0.05) is 12.8 Å². The van der Waals surface area contributed by atoms with Gasteiger partial charge in [0.2, 0.25) is 23.6 Å². The largest absolute Gasteiger partial charge is 0.508 e. The highest BCUT2D eigenvalue weighted by Crippen LogP contribution is 2.14. The van der Waals surface area contributed by atoms with Gasteiger partial charge in [-0.3, -0.25) is 19.2 Å². The van der Waals surface area contributed by atoms with Gasteiger partial charge in [0.25, 0.3) is 0 Å². The molecule has 1 heterocycles. The Balaban J connectivity index is 1.83. The number of hydrogen-bond donors (Lipinski definition) is 6. The molecule has 0 fully saturated rings. The molecule has 1 aliphatic rings. The van der Waals surface area contributed by atoms with Gasteiger partial charge < -0.3 is 41.2 Å². The summed E-state index contributed by atoms with van der Waals surface area (Å²) in [4.78, 5) is 78.5. The number of ether oxygens (including phenoxy) is 2. The molecule has 2 aromatic rings. The van der Waals surface area contributed by atoms with Crippen LogP contribution in [-0.4, -0.2) is 84.2 Å². The molecule has 0 aromatic heterocycles. The summed E-state index contributed by atoms with van der Waals surface area (Å²) in [5, 5.41) is 22.7. The van der Waals surface area contributed by atoms with Gasteiger partial charge in [-0.1, -0.05) is 54.6 Å². The van der Waals surface area contributed by atoms with Crippen LogP contribution in [0.1, 0.15) is 51.2 Å². The Morgan fingerprint density at radius 1 is 0.939 bits per heavy atom. The first-order valence-electron chi connectivity index (χ1n) is 16.0. The molecule has 4 atom stereocenters. The maximum absolute atomic E-state index is 13.6. The molecule has 3 rings (SSSR count). The number of rotatable bonds is 8. The van der Waals surface area contributed by atoms with Crippen molar-refractivity contribution in [2.24, 2.45) is 0 Å². The van der Waals surface area contributed by atoms with Crippen molar-refractivity contribution in [1.29, 1.82) is 0 Å². The molecule has 1 aliphatic heterocycles. The topological polar surface area (TPSA) is 201 Å². The lowest BCUT2D eigenvalue weighted by atomic mass is 10.0. The smallest absolute Gasteiger partial charge is 0.408 e. The Labute approximate surface area is 285 Å². The molecule has 1 unspecified atom stereocenters. The fourth-order valence-electron chi connectivity index (χ4n) is 4.90. The summed E-state index contributed by atoms with van der Waals surface area (Å²) < 4.78 is 10.2. The van der Waals surface area contributed by atoms with Crippen molar-refractivity contribution in [2.75, 3.05) is 13.7 Å². The van der Waals surface area contributed by atoms with Gasteiger partial charge in [-0.15, -0.1) is 0 Å². The van der Waals surface area contributed by atoms with Crippen LogP contribution in [0, 0.1) is 0 Å². The number of benzene rings is 2. The van der Waals surface area contributed by atoms with Crippen molar-refractivity contribution in [3.8, 4) is 5.75 Å². The molecule has 0 saturated carbocycles. The molecular formula is C35H45N5O9. The molecule has 0 aliphatic carbocycles. The van der Waals surface area contributed by atoms with E-state index in [0.29, 0.717) is 5.56 Å². The van der Waals surface area contributed by atoms with E-state index in [1.807, 2.05) is 6.07 Å². The van der Waals surface area contributed by atoms with Gasteiger partial charge in [0.15, 0.2) is 0 Å². The predicted octanol–water partition coefficient (Wildman–Crippen LogP) is 1.55. The van der Waals surface area contributed by atoms with Crippen LogP contribution in [-0.2, 0) is 46.3 Å². The Kier molecular flexibility index (Phi) is 14.2. The van der Waals surface area contributed by atoms with Crippen molar-refractivity contribution in [2.45, 2.75) is 82.6 Å². The molecule has 264 valence electrons. The third-order valence-corrected chi connectivity index (χ3v) is 7.34. The van der Waals surface area contributed by atoms with Gasteiger partial charge in [0.1, 0.15) is 35.5 Å². The fraction of sp³-hybridized carbons (Fsp3) is 0.429. The van der Waals surface area contributed by atoms with E-state index in [1.165, 1.54) is 19.2 Å². The standard InChI is InChI=1S/C35H45N5O9/c1-35(2,3)49-34(47)40-28(20-23-15-17-24(41)18-16-23)32(45)38-25-13-9-6-10-14-26(33(46)48-4)39-31(44)27(19-22-11-7-5-8-12-22)37-29(42)21-36-30(25)43/h5-8,10-12,15-18,25-28,41H,9,13-14,19-21H2,1-4H3,(H,36,43)(H,37,42)(H,38,45)(H,39,44)(H,40,47)/t25?,26-,27-,28+/m1/s1. The van der Waals surface area contributed by atoms with E-state index in [0.717, 1.165) is 5.56 Å². The quantitative estimate of drug-likeness (QED) is 0.177. The monoisotopic (exact) mass is 679 g/mol. The van der Waals surface area contributed by atoms with E-state index in [1.54, 1.807) is 69.3 Å². The number of hydrogen-bond acceptors (Lipinski definition) is 9. The van der Waals surface area contributed by atoms with Crippen molar-refractivity contribution < 1.29 is 43.3 Å². The zero-order chi connectivity index (χ0) is 36.0. The number of aromatic hydroxyl groups is 1. The fourth-order valence-corrected chi connectivity index (χ4v) is 4.90. The maximum Gasteiger partial charge on any atom is 0.408 e. The minimum Gasteiger partial charge on any atom is -0.508 e.